The maximum Gasteiger partial charge on any atom is 0.308 e. The highest BCUT2D eigenvalue weighted by molar-refractivity contribution is 6.35. The Morgan fingerprint density at radius 3 is 2.68 bits per heavy atom. The van der Waals surface area contributed by atoms with E-state index in [1.807, 2.05) is 44.2 Å². The van der Waals surface area contributed by atoms with Gasteiger partial charge in [0.05, 0.1) is 16.7 Å². The highest BCUT2D eigenvalue weighted by atomic mass is 35.5. The van der Waals surface area contributed by atoms with Crippen molar-refractivity contribution in [3.8, 4) is 11.1 Å². The van der Waals surface area contributed by atoms with Crippen LogP contribution in [0.2, 0.25) is 10.0 Å². The van der Waals surface area contributed by atoms with Crippen molar-refractivity contribution in [2.75, 3.05) is 10.7 Å². The second kappa shape index (κ2) is 10.2. The summed E-state index contributed by atoms with van der Waals surface area (Å²) in [6.45, 7) is 3.91. The van der Waals surface area contributed by atoms with E-state index in [2.05, 4.69) is 20.9 Å². The van der Waals surface area contributed by atoms with Crippen LogP contribution in [0.15, 0.2) is 65.2 Å². The number of para-hydroxylation sites is 2. The van der Waals surface area contributed by atoms with E-state index in [0.29, 0.717) is 50.3 Å². The van der Waals surface area contributed by atoms with Gasteiger partial charge in [-0.2, -0.15) is 0 Å². The average molecular weight is 538 g/mol. The first kappa shape index (κ1) is 24.8. The molecular weight excluding hydrogens is 516 g/mol. The van der Waals surface area contributed by atoms with Gasteiger partial charge in [-0.15, -0.1) is 0 Å². The number of rotatable bonds is 7. The summed E-state index contributed by atoms with van der Waals surface area (Å²) < 4.78 is 21.8. The van der Waals surface area contributed by atoms with E-state index in [9.17, 15) is 4.79 Å². The number of anilines is 1. The largest absolute Gasteiger partial charge is 0.351 e. The first-order valence-corrected chi connectivity index (χ1v) is 12.3. The molecule has 0 unspecified atom stereocenters. The van der Waals surface area contributed by atoms with Gasteiger partial charge in [0.2, 0.25) is 11.7 Å². The number of carbonyl (C=O) groups excluding carboxylic acids is 1. The van der Waals surface area contributed by atoms with Gasteiger partial charge in [0, 0.05) is 28.2 Å². The summed E-state index contributed by atoms with van der Waals surface area (Å²) in [7, 11) is 0. The molecule has 0 radical (unpaired) electrons. The van der Waals surface area contributed by atoms with Crippen LogP contribution in [0.1, 0.15) is 34.3 Å². The number of nitrogens with zero attached hydrogens (tertiary/aromatic N) is 3. The molecule has 0 atom stereocenters. The topological polar surface area (TPSA) is 85.0 Å². The Hall–Kier alpha value is -3.88. The van der Waals surface area contributed by atoms with Crippen molar-refractivity contribution < 1.29 is 13.7 Å². The zero-order valence-electron chi connectivity index (χ0n) is 20.0. The lowest BCUT2D eigenvalue weighted by molar-refractivity contribution is 0.0973. The lowest BCUT2D eigenvalue weighted by Gasteiger charge is -2.13. The molecule has 0 saturated carbocycles. The van der Waals surface area contributed by atoms with E-state index in [1.165, 1.54) is 10.7 Å². The van der Waals surface area contributed by atoms with Crippen LogP contribution in [0.5, 0.6) is 0 Å². The van der Waals surface area contributed by atoms with Gasteiger partial charge in [0.15, 0.2) is 0 Å². The van der Waals surface area contributed by atoms with Gasteiger partial charge in [0.25, 0.3) is 0 Å². The molecule has 2 heterocycles. The molecule has 3 aromatic carbocycles. The van der Waals surface area contributed by atoms with Crippen LogP contribution < -0.4 is 10.7 Å². The third-order valence-corrected chi connectivity index (χ3v) is 6.64. The Labute approximate surface area is 222 Å². The first-order valence-electron chi connectivity index (χ1n) is 11.6. The summed E-state index contributed by atoms with van der Waals surface area (Å²) in [6.07, 6.45) is 0.645. The number of imidazole rings is 1. The number of hydrogen-bond acceptors (Lipinski definition) is 5. The molecule has 10 heteroatoms. The number of benzene rings is 3. The standard InChI is InChI=1S/C27H22Cl2FN5O2/c1-3-19-13-25(37-34-19)26(36)33-35-24-7-5-4-6-23(24)32-27(35)31-14-17-9-8-16(10-22(17)30)20-11-18(28)12-21(29)15(20)2/h4-13H,3,14H2,1-2H3,(H,31,32)(H,33,36). The Kier molecular flexibility index (Phi) is 6.86. The number of nitrogens with one attached hydrogen (secondary N) is 2. The van der Waals surface area contributed by atoms with Crippen LogP contribution in [-0.2, 0) is 13.0 Å². The summed E-state index contributed by atoms with van der Waals surface area (Å²) in [5, 5.41) is 8.00. The molecule has 1 amide bonds. The Morgan fingerprint density at radius 2 is 1.92 bits per heavy atom. The van der Waals surface area contributed by atoms with E-state index < -0.39 is 11.7 Å². The van der Waals surface area contributed by atoms with Crippen LogP contribution in [0, 0.1) is 12.7 Å². The molecule has 188 valence electrons. The molecule has 2 aromatic heterocycles. The van der Waals surface area contributed by atoms with Crippen LogP contribution in [0.25, 0.3) is 22.2 Å². The van der Waals surface area contributed by atoms with E-state index in [0.717, 1.165) is 11.1 Å². The summed E-state index contributed by atoms with van der Waals surface area (Å²) in [5.74, 6) is -0.463. The van der Waals surface area contributed by atoms with Gasteiger partial charge in [0.1, 0.15) is 5.82 Å². The van der Waals surface area contributed by atoms with Crippen LogP contribution >= 0.6 is 23.2 Å². The minimum absolute atomic E-state index is 0.0821. The van der Waals surface area contributed by atoms with Gasteiger partial charge in [-0.25, -0.2) is 14.1 Å². The van der Waals surface area contributed by atoms with Crippen LogP contribution in [0.4, 0.5) is 10.3 Å². The normalized spacial score (nSPS) is 11.2. The molecule has 0 spiro atoms. The van der Waals surface area contributed by atoms with E-state index in [1.54, 1.807) is 24.3 Å². The molecule has 0 fully saturated rings. The number of halogens is 3. The SMILES string of the molecule is CCc1cc(C(=O)Nn2c(NCc3ccc(-c4cc(Cl)cc(Cl)c4C)cc3F)nc3ccccc32)on1. The van der Waals surface area contributed by atoms with Crippen molar-refractivity contribution in [3.63, 3.8) is 0 Å². The highest BCUT2D eigenvalue weighted by Crippen LogP contribution is 2.33. The molecular formula is C27H22Cl2FN5O2. The number of amides is 1. The average Bonchev–Trinajstić information content (AvgIpc) is 3.50. The monoisotopic (exact) mass is 537 g/mol. The fraction of sp³-hybridized carbons (Fsp3) is 0.148. The van der Waals surface area contributed by atoms with E-state index >= 15 is 4.39 Å². The predicted octanol–water partition coefficient (Wildman–Crippen LogP) is 7.00. The fourth-order valence-electron chi connectivity index (χ4n) is 3.98. The van der Waals surface area contributed by atoms with Crippen molar-refractivity contribution in [1.82, 2.24) is 14.8 Å². The molecule has 0 bridgehead atoms. The minimum Gasteiger partial charge on any atom is -0.351 e. The Balaban J connectivity index is 1.40. The van der Waals surface area contributed by atoms with Crippen molar-refractivity contribution in [2.24, 2.45) is 0 Å². The van der Waals surface area contributed by atoms with E-state index in [4.69, 9.17) is 27.7 Å². The zero-order valence-corrected chi connectivity index (χ0v) is 21.5. The molecule has 2 N–H and O–H groups in total. The minimum atomic E-state index is -0.482. The molecule has 0 aliphatic carbocycles. The first-order chi connectivity index (χ1) is 17.8. The lowest BCUT2D eigenvalue weighted by Crippen LogP contribution is -2.24. The quantitative estimate of drug-likeness (QED) is 0.233. The van der Waals surface area contributed by atoms with Crippen molar-refractivity contribution >= 4 is 46.1 Å². The molecule has 0 aliphatic rings. The van der Waals surface area contributed by atoms with Gasteiger partial charge < -0.3 is 9.84 Å². The van der Waals surface area contributed by atoms with Gasteiger partial charge >= 0.3 is 5.91 Å². The van der Waals surface area contributed by atoms with Crippen molar-refractivity contribution in [3.05, 3.63) is 99.1 Å². The summed E-state index contributed by atoms with van der Waals surface area (Å²) in [5.41, 5.74) is 7.45. The number of carbonyl (C=O) groups is 1. The molecule has 5 rings (SSSR count). The second-order valence-corrected chi connectivity index (χ2v) is 9.30. The molecule has 7 nitrogen and oxygen atoms in total. The predicted molar refractivity (Wildman–Crippen MR) is 143 cm³/mol. The molecule has 37 heavy (non-hydrogen) atoms. The zero-order chi connectivity index (χ0) is 26.1. The summed E-state index contributed by atoms with van der Waals surface area (Å²) in [6, 6.07) is 17.3. The van der Waals surface area contributed by atoms with Gasteiger partial charge in [-0.3, -0.25) is 10.2 Å². The van der Waals surface area contributed by atoms with E-state index in [-0.39, 0.29) is 12.3 Å². The summed E-state index contributed by atoms with van der Waals surface area (Å²) in [4.78, 5) is 17.4. The van der Waals surface area contributed by atoms with Crippen LogP contribution in [0.3, 0.4) is 0 Å². The van der Waals surface area contributed by atoms with Crippen molar-refractivity contribution in [1.29, 1.82) is 0 Å². The summed E-state index contributed by atoms with van der Waals surface area (Å²) >= 11 is 12.4. The van der Waals surface area contributed by atoms with Crippen molar-refractivity contribution in [2.45, 2.75) is 26.8 Å². The number of hydrogen-bond donors (Lipinski definition) is 2. The second-order valence-electron chi connectivity index (χ2n) is 8.46. The number of aromatic nitrogens is 3. The Bertz CT molecular complexity index is 1630. The third-order valence-electron chi connectivity index (χ3n) is 6.03. The van der Waals surface area contributed by atoms with Gasteiger partial charge in [-0.1, -0.05) is 59.5 Å². The van der Waals surface area contributed by atoms with Gasteiger partial charge in [-0.05, 0) is 60.4 Å². The van der Waals surface area contributed by atoms with Crippen LogP contribution in [-0.4, -0.2) is 20.7 Å². The Morgan fingerprint density at radius 1 is 1.11 bits per heavy atom. The third kappa shape index (κ3) is 5.03. The maximum atomic E-state index is 15.1. The fourth-order valence-corrected chi connectivity index (χ4v) is 4.47. The number of fused-ring (bicyclic) bond motifs is 1. The molecule has 0 saturated heterocycles. The maximum absolute atomic E-state index is 15.1. The number of aryl methyl sites for hydroxylation is 1. The lowest BCUT2D eigenvalue weighted by atomic mass is 9.99. The smallest absolute Gasteiger partial charge is 0.308 e. The highest BCUT2D eigenvalue weighted by Gasteiger charge is 2.18. The molecule has 0 aliphatic heterocycles. The molecule has 5 aromatic rings.